The highest BCUT2D eigenvalue weighted by atomic mass is 28.4. The lowest BCUT2D eigenvalue weighted by Crippen LogP contribution is -2.62. The Hall–Kier alpha value is -2.29. The monoisotopic (exact) mass is 363 g/mol. The van der Waals surface area contributed by atoms with Gasteiger partial charge in [-0.1, -0.05) is 54.6 Å². The highest BCUT2D eigenvalue weighted by molar-refractivity contribution is 6.86. The van der Waals surface area contributed by atoms with E-state index in [9.17, 15) is 0 Å². The van der Waals surface area contributed by atoms with Crippen LogP contribution in [0.25, 0.3) is 0 Å². The molecule has 0 N–H and O–H groups in total. The smallest absolute Gasteiger partial charge is 0.216 e. The molecule has 4 rings (SSSR count). The van der Waals surface area contributed by atoms with Crippen LogP contribution in [-0.2, 0) is 0 Å². The summed E-state index contributed by atoms with van der Waals surface area (Å²) in [7, 11) is -1.34. The van der Waals surface area contributed by atoms with E-state index in [0.29, 0.717) is 0 Å². The molecule has 1 aliphatic rings. The number of anilines is 3. The maximum absolute atomic E-state index is 2.72. The first-order valence-electron chi connectivity index (χ1n) is 8.30. The van der Waals surface area contributed by atoms with Crippen LogP contribution in [0.3, 0.4) is 0 Å². The van der Waals surface area contributed by atoms with E-state index in [1.54, 1.807) is 0 Å². The van der Waals surface area contributed by atoms with Gasteiger partial charge in [0.1, 0.15) is 0 Å². The second-order valence-electron chi connectivity index (χ2n) is 6.05. The SMILES string of the molecule is c1ccc(N2[SiH2]N(c3ccccc3)[SiH2]N(c3ccccc3)[SiH2]2)cc1. The third-order valence-electron chi connectivity index (χ3n) is 4.39. The Balaban J connectivity index is 1.66. The zero-order valence-electron chi connectivity index (χ0n) is 13.6. The summed E-state index contributed by atoms with van der Waals surface area (Å²) in [5.74, 6) is 0. The lowest BCUT2D eigenvalue weighted by atomic mass is 10.3. The van der Waals surface area contributed by atoms with E-state index in [-0.39, 0.29) is 0 Å². The highest BCUT2D eigenvalue weighted by Crippen LogP contribution is 2.23. The first kappa shape index (κ1) is 15.3. The quantitative estimate of drug-likeness (QED) is 0.653. The number of nitrogens with zero attached hydrogens (tertiary/aromatic N) is 3. The number of hydrogen-bond acceptors (Lipinski definition) is 3. The molecule has 0 aliphatic carbocycles. The molecule has 3 aromatic carbocycles. The van der Waals surface area contributed by atoms with Gasteiger partial charge in [0.05, 0.1) is 0 Å². The normalized spacial score (nSPS) is 17.8. The summed E-state index contributed by atoms with van der Waals surface area (Å²) in [5.41, 5.74) is 4.18. The first-order valence-corrected chi connectivity index (χ1v) is 12.1. The summed E-state index contributed by atoms with van der Waals surface area (Å²) >= 11 is 0. The van der Waals surface area contributed by atoms with Gasteiger partial charge in [-0.3, -0.25) is 0 Å². The van der Waals surface area contributed by atoms with E-state index >= 15 is 0 Å². The second-order valence-corrected chi connectivity index (χ2v) is 14.2. The fourth-order valence-corrected chi connectivity index (χ4v) is 14.6. The van der Waals surface area contributed by atoms with Crippen molar-refractivity contribution in [2.75, 3.05) is 12.7 Å². The van der Waals surface area contributed by atoms with Crippen LogP contribution >= 0.6 is 0 Å². The number of rotatable bonds is 3. The Bertz CT molecular complexity index is 657. The van der Waals surface area contributed by atoms with Gasteiger partial charge in [-0.15, -0.1) is 0 Å². The molecular weight excluding hydrogens is 342 g/mol. The molecule has 1 fully saturated rings. The van der Waals surface area contributed by atoms with Gasteiger partial charge >= 0.3 is 0 Å². The minimum absolute atomic E-state index is 0.448. The molecule has 0 unspecified atom stereocenters. The molecule has 1 heterocycles. The van der Waals surface area contributed by atoms with Crippen molar-refractivity contribution < 1.29 is 0 Å². The van der Waals surface area contributed by atoms with Crippen LogP contribution in [0.2, 0.25) is 0 Å². The summed E-state index contributed by atoms with van der Waals surface area (Å²) in [5, 5.41) is 0. The van der Waals surface area contributed by atoms with Crippen LogP contribution in [-0.4, -0.2) is 29.5 Å². The molecule has 24 heavy (non-hydrogen) atoms. The molecule has 0 saturated carbocycles. The molecule has 0 atom stereocenters. The van der Waals surface area contributed by atoms with Gasteiger partial charge in [-0.05, 0) is 36.4 Å². The molecule has 3 nitrogen and oxygen atoms in total. The van der Waals surface area contributed by atoms with Gasteiger partial charge in [0.2, 0.25) is 29.5 Å². The van der Waals surface area contributed by atoms with Crippen molar-refractivity contribution in [1.82, 2.24) is 0 Å². The average Bonchev–Trinajstić information content (AvgIpc) is 2.70. The van der Waals surface area contributed by atoms with Crippen molar-refractivity contribution >= 4 is 46.6 Å². The zero-order chi connectivity index (χ0) is 16.2. The van der Waals surface area contributed by atoms with Crippen molar-refractivity contribution in [2.24, 2.45) is 0 Å². The molecular formula is C18H21N3Si3. The summed E-state index contributed by atoms with van der Waals surface area (Å²) in [4.78, 5) is 0. The minimum atomic E-state index is -0.448. The fraction of sp³-hybridized carbons (Fsp3) is 0. The lowest BCUT2D eigenvalue weighted by molar-refractivity contribution is 1.36. The predicted molar refractivity (Wildman–Crippen MR) is 112 cm³/mol. The van der Waals surface area contributed by atoms with Gasteiger partial charge in [-0.25, -0.2) is 0 Å². The second kappa shape index (κ2) is 7.08. The van der Waals surface area contributed by atoms with Gasteiger partial charge in [0.25, 0.3) is 0 Å². The van der Waals surface area contributed by atoms with Crippen molar-refractivity contribution in [3.63, 3.8) is 0 Å². The van der Waals surface area contributed by atoms with Crippen LogP contribution < -0.4 is 12.7 Å². The molecule has 0 radical (unpaired) electrons. The van der Waals surface area contributed by atoms with Gasteiger partial charge < -0.3 is 12.7 Å². The first-order chi connectivity index (χ1) is 11.9. The average molecular weight is 364 g/mol. The summed E-state index contributed by atoms with van der Waals surface area (Å²) in [6, 6.07) is 32.8. The van der Waals surface area contributed by atoms with E-state index in [1.165, 1.54) is 17.1 Å². The Labute approximate surface area is 150 Å². The molecule has 0 amide bonds. The van der Waals surface area contributed by atoms with Gasteiger partial charge in [0, 0.05) is 17.1 Å². The summed E-state index contributed by atoms with van der Waals surface area (Å²) in [6.45, 7) is 0. The fourth-order valence-electron chi connectivity index (χ4n) is 3.16. The molecule has 0 bridgehead atoms. The van der Waals surface area contributed by atoms with Crippen LogP contribution in [0.15, 0.2) is 91.0 Å². The molecule has 3 aromatic rings. The van der Waals surface area contributed by atoms with Gasteiger partial charge in [-0.2, -0.15) is 0 Å². The number of benzene rings is 3. The van der Waals surface area contributed by atoms with E-state index in [1.807, 2.05) is 0 Å². The Morgan fingerprint density at radius 2 is 0.625 bits per heavy atom. The van der Waals surface area contributed by atoms with E-state index in [4.69, 9.17) is 0 Å². The standard InChI is InChI=1S/C18H21N3Si3/c1-4-10-16(11-5-1)19-22-20(17-12-6-2-7-13-17)24-21(23-19)18-14-8-3-9-15-18/h1-15H,22-24H2. The van der Waals surface area contributed by atoms with Crippen LogP contribution in [0.1, 0.15) is 0 Å². The number of para-hydroxylation sites is 3. The largest absolute Gasteiger partial charge is 0.402 e. The Morgan fingerprint density at radius 1 is 0.375 bits per heavy atom. The van der Waals surface area contributed by atoms with Crippen molar-refractivity contribution in [2.45, 2.75) is 0 Å². The molecule has 1 saturated heterocycles. The Kier molecular flexibility index (Phi) is 4.50. The van der Waals surface area contributed by atoms with Crippen LogP contribution in [0.5, 0.6) is 0 Å². The third-order valence-corrected chi connectivity index (χ3v) is 12.2. The van der Waals surface area contributed by atoms with Gasteiger partial charge in [0.15, 0.2) is 0 Å². The van der Waals surface area contributed by atoms with E-state index in [0.717, 1.165) is 0 Å². The van der Waals surface area contributed by atoms with E-state index < -0.39 is 29.5 Å². The summed E-state index contributed by atoms with van der Waals surface area (Å²) < 4.78 is 8.16. The number of hydrogen-bond donors (Lipinski definition) is 0. The van der Waals surface area contributed by atoms with E-state index in [2.05, 4.69) is 104 Å². The molecule has 0 aromatic heterocycles. The van der Waals surface area contributed by atoms with Crippen LogP contribution in [0, 0.1) is 0 Å². The Morgan fingerprint density at radius 3 is 0.875 bits per heavy atom. The highest BCUT2D eigenvalue weighted by Gasteiger charge is 2.25. The van der Waals surface area contributed by atoms with Crippen molar-refractivity contribution in [3.05, 3.63) is 91.0 Å². The van der Waals surface area contributed by atoms with Crippen LogP contribution in [0.4, 0.5) is 17.1 Å². The predicted octanol–water partition coefficient (Wildman–Crippen LogP) is 1.52. The van der Waals surface area contributed by atoms with Crippen molar-refractivity contribution in [3.8, 4) is 0 Å². The maximum Gasteiger partial charge on any atom is 0.216 e. The molecule has 6 heteroatoms. The zero-order valence-corrected chi connectivity index (χ0v) is 17.9. The summed E-state index contributed by atoms with van der Waals surface area (Å²) in [6.07, 6.45) is 0. The van der Waals surface area contributed by atoms with Crippen molar-refractivity contribution in [1.29, 1.82) is 0 Å². The molecule has 120 valence electrons. The minimum Gasteiger partial charge on any atom is -0.402 e. The maximum atomic E-state index is 2.72. The third kappa shape index (κ3) is 3.30. The topological polar surface area (TPSA) is 9.72 Å². The molecule has 0 spiro atoms. The molecule has 1 aliphatic heterocycles. The lowest BCUT2D eigenvalue weighted by Gasteiger charge is -2.45.